The summed E-state index contributed by atoms with van der Waals surface area (Å²) < 4.78 is 4.75. The minimum Gasteiger partial charge on any atom is -0.465 e. The first-order valence-corrected chi connectivity index (χ1v) is 9.26. The first-order chi connectivity index (χ1) is 13.0. The summed E-state index contributed by atoms with van der Waals surface area (Å²) in [4.78, 5) is 26.4. The summed E-state index contributed by atoms with van der Waals surface area (Å²) in [6, 6.07) is 13.9. The van der Waals surface area contributed by atoms with Crippen molar-refractivity contribution in [1.82, 2.24) is 4.90 Å². The Bertz CT molecular complexity index is 847. The van der Waals surface area contributed by atoms with E-state index in [9.17, 15) is 9.59 Å². The summed E-state index contributed by atoms with van der Waals surface area (Å²) in [5.74, 6) is -0.507. The van der Waals surface area contributed by atoms with Crippen molar-refractivity contribution in [2.24, 2.45) is 0 Å². The smallest absolute Gasteiger partial charge is 0.337 e. The number of amides is 1. The molecule has 0 saturated carbocycles. The lowest BCUT2D eigenvalue weighted by Gasteiger charge is -2.32. The van der Waals surface area contributed by atoms with E-state index in [1.165, 1.54) is 18.2 Å². The summed E-state index contributed by atoms with van der Waals surface area (Å²) in [7, 11) is 3.33. The number of hydrogen-bond acceptors (Lipinski definition) is 4. The Morgan fingerprint density at radius 1 is 1.22 bits per heavy atom. The number of nitrogens with zero attached hydrogens (tertiary/aromatic N) is 1. The molecule has 0 unspecified atom stereocenters. The zero-order valence-corrected chi connectivity index (χ0v) is 16.1. The van der Waals surface area contributed by atoms with Crippen molar-refractivity contribution >= 4 is 17.6 Å². The second kappa shape index (κ2) is 8.35. The number of hydrogen-bond donors (Lipinski definition) is 1. The number of likely N-dealkylation sites (N-methyl/N-ethyl adjacent to an activating group) is 1. The van der Waals surface area contributed by atoms with Gasteiger partial charge >= 0.3 is 5.97 Å². The molecule has 27 heavy (non-hydrogen) atoms. The average molecular weight is 366 g/mol. The van der Waals surface area contributed by atoms with E-state index in [2.05, 4.69) is 34.5 Å². The molecule has 0 spiro atoms. The molecule has 2 aromatic carbocycles. The van der Waals surface area contributed by atoms with Crippen molar-refractivity contribution in [2.45, 2.75) is 32.2 Å². The zero-order chi connectivity index (χ0) is 19.4. The number of nitrogens with one attached hydrogen (secondary N) is 1. The topological polar surface area (TPSA) is 58.6 Å². The van der Waals surface area contributed by atoms with E-state index in [1.54, 1.807) is 12.1 Å². The van der Waals surface area contributed by atoms with Gasteiger partial charge in [-0.2, -0.15) is 0 Å². The standard InChI is InChI=1S/C22H26N2O3/c1-15-11-12-17(22(26)27-3)13-19(15)23-21(25)14-24(2)20-10-6-8-16-7-4-5-9-18(16)20/h4-5,7,9,11-13,20H,6,8,10,14H2,1-3H3,(H,23,25)/t20-/m1/s1. The first-order valence-electron chi connectivity index (χ1n) is 9.26. The molecule has 1 aliphatic carbocycles. The number of carbonyl (C=O) groups is 2. The fraction of sp³-hybridized carbons (Fsp3) is 0.364. The van der Waals surface area contributed by atoms with Crippen LogP contribution >= 0.6 is 0 Å². The van der Waals surface area contributed by atoms with Gasteiger partial charge < -0.3 is 10.1 Å². The molecule has 1 amide bonds. The van der Waals surface area contributed by atoms with Crippen LogP contribution < -0.4 is 5.32 Å². The predicted octanol–water partition coefficient (Wildman–Crippen LogP) is 3.73. The van der Waals surface area contributed by atoms with Crippen molar-refractivity contribution in [3.05, 3.63) is 64.7 Å². The monoisotopic (exact) mass is 366 g/mol. The molecule has 2 aromatic rings. The Kier molecular flexibility index (Phi) is 5.91. The zero-order valence-electron chi connectivity index (χ0n) is 16.1. The van der Waals surface area contributed by atoms with E-state index in [-0.39, 0.29) is 11.9 Å². The lowest BCUT2D eigenvalue weighted by molar-refractivity contribution is -0.117. The van der Waals surface area contributed by atoms with Crippen LogP contribution in [0.2, 0.25) is 0 Å². The number of ether oxygens (including phenoxy) is 1. The van der Waals surface area contributed by atoms with Crippen molar-refractivity contribution in [3.8, 4) is 0 Å². The normalized spacial score (nSPS) is 15.9. The van der Waals surface area contributed by atoms with Crippen LogP contribution in [0, 0.1) is 6.92 Å². The summed E-state index contributed by atoms with van der Waals surface area (Å²) in [5.41, 5.74) is 4.67. The third-order valence-electron chi connectivity index (χ3n) is 5.20. The number of methoxy groups -OCH3 is 1. The Hall–Kier alpha value is -2.66. The quantitative estimate of drug-likeness (QED) is 0.819. The van der Waals surface area contributed by atoms with E-state index in [0.29, 0.717) is 17.8 Å². The first kappa shape index (κ1) is 19.1. The van der Waals surface area contributed by atoms with Crippen LogP contribution in [0.15, 0.2) is 42.5 Å². The Balaban J connectivity index is 1.69. The van der Waals surface area contributed by atoms with Gasteiger partial charge in [0.1, 0.15) is 0 Å². The molecule has 142 valence electrons. The number of benzene rings is 2. The van der Waals surface area contributed by atoms with Crippen molar-refractivity contribution in [3.63, 3.8) is 0 Å². The van der Waals surface area contributed by atoms with Crippen LogP contribution in [0.1, 0.15) is 45.9 Å². The highest BCUT2D eigenvalue weighted by Gasteiger charge is 2.24. The summed E-state index contributed by atoms with van der Waals surface area (Å²) in [6.45, 7) is 2.19. The Morgan fingerprint density at radius 2 is 2.00 bits per heavy atom. The van der Waals surface area contributed by atoms with Crippen molar-refractivity contribution < 1.29 is 14.3 Å². The highest BCUT2D eigenvalue weighted by atomic mass is 16.5. The van der Waals surface area contributed by atoms with Crippen molar-refractivity contribution in [1.29, 1.82) is 0 Å². The van der Waals surface area contributed by atoms with Crippen LogP contribution in [0.25, 0.3) is 0 Å². The van der Waals surface area contributed by atoms with Crippen LogP contribution in [0.5, 0.6) is 0 Å². The number of esters is 1. The maximum Gasteiger partial charge on any atom is 0.337 e. The molecule has 1 aliphatic rings. The largest absolute Gasteiger partial charge is 0.465 e. The molecule has 1 N–H and O–H groups in total. The van der Waals surface area contributed by atoms with E-state index < -0.39 is 5.97 Å². The molecule has 5 nitrogen and oxygen atoms in total. The third kappa shape index (κ3) is 4.37. The third-order valence-corrected chi connectivity index (χ3v) is 5.20. The van der Waals surface area contributed by atoms with Gasteiger partial charge in [-0.1, -0.05) is 30.3 Å². The molecule has 1 atom stereocenters. The Morgan fingerprint density at radius 3 is 2.78 bits per heavy atom. The lowest BCUT2D eigenvalue weighted by atomic mass is 9.87. The summed E-state index contributed by atoms with van der Waals surface area (Å²) in [5, 5.41) is 2.94. The Labute approximate surface area is 160 Å². The number of rotatable bonds is 5. The fourth-order valence-electron chi connectivity index (χ4n) is 3.71. The fourth-order valence-corrected chi connectivity index (χ4v) is 3.71. The molecular formula is C22H26N2O3. The molecule has 0 saturated heterocycles. The van der Waals surface area contributed by atoms with Crippen LogP contribution in [0.4, 0.5) is 5.69 Å². The van der Waals surface area contributed by atoms with Gasteiger partial charge in [0.25, 0.3) is 0 Å². The maximum absolute atomic E-state index is 12.6. The molecule has 0 aliphatic heterocycles. The number of anilines is 1. The van der Waals surface area contributed by atoms with Gasteiger partial charge in [0.2, 0.25) is 5.91 Å². The van der Waals surface area contributed by atoms with Gasteiger partial charge in [-0.3, -0.25) is 9.69 Å². The van der Waals surface area contributed by atoms with Crippen LogP contribution in [-0.2, 0) is 16.0 Å². The lowest BCUT2D eigenvalue weighted by Crippen LogP contribution is -2.35. The van der Waals surface area contributed by atoms with E-state index in [0.717, 1.165) is 24.8 Å². The molecule has 5 heteroatoms. The summed E-state index contributed by atoms with van der Waals surface area (Å²) >= 11 is 0. The molecule has 0 heterocycles. The highest BCUT2D eigenvalue weighted by molar-refractivity contribution is 5.96. The molecule has 0 bridgehead atoms. The van der Waals surface area contributed by atoms with E-state index >= 15 is 0 Å². The molecule has 0 radical (unpaired) electrons. The molecular weight excluding hydrogens is 340 g/mol. The molecule has 0 fully saturated rings. The minimum absolute atomic E-state index is 0.0920. The van der Waals surface area contributed by atoms with Gasteiger partial charge in [-0.05, 0) is 62.1 Å². The number of fused-ring (bicyclic) bond motifs is 1. The number of aryl methyl sites for hydroxylation is 2. The minimum atomic E-state index is -0.415. The van der Waals surface area contributed by atoms with Gasteiger partial charge in [0.15, 0.2) is 0 Å². The van der Waals surface area contributed by atoms with E-state index in [1.807, 2.05) is 20.0 Å². The maximum atomic E-state index is 12.6. The van der Waals surface area contributed by atoms with E-state index in [4.69, 9.17) is 4.74 Å². The van der Waals surface area contributed by atoms with Gasteiger partial charge in [0, 0.05) is 11.7 Å². The average Bonchev–Trinajstić information content (AvgIpc) is 2.68. The van der Waals surface area contributed by atoms with Crippen LogP contribution in [0.3, 0.4) is 0 Å². The van der Waals surface area contributed by atoms with Gasteiger partial charge in [0.05, 0.1) is 19.2 Å². The SMILES string of the molecule is COC(=O)c1ccc(C)c(NC(=O)CN(C)[C@@H]2CCCc3ccccc32)c1. The molecule has 0 aromatic heterocycles. The molecule has 3 rings (SSSR count). The predicted molar refractivity (Wildman–Crippen MR) is 106 cm³/mol. The van der Waals surface area contributed by atoms with Gasteiger partial charge in [-0.15, -0.1) is 0 Å². The second-order valence-corrected chi connectivity index (χ2v) is 7.09. The van der Waals surface area contributed by atoms with Gasteiger partial charge in [-0.25, -0.2) is 4.79 Å². The number of carbonyl (C=O) groups excluding carboxylic acids is 2. The highest BCUT2D eigenvalue weighted by Crippen LogP contribution is 2.33. The second-order valence-electron chi connectivity index (χ2n) is 7.09. The van der Waals surface area contributed by atoms with Crippen molar-refractivity contribution in [2.75, 3.05) is 26.0 Å². The summed E-state index contributed by atoms with van der Waals surface area (Å²) in [6.07, 6.45) is 3.29. The van der Waals surface area contributed by atoms with Crippen LogP contribution in [-0.4, -0.2) is 37.5 Å².